The third-order valence-corrected chi connectivity index (χ3v) is 2.91. The molecule has 0 radical (unpaired) electrons. The topological polar surface area (TPSA) is 20.3 Å². The van der Waals surface area contributed by atoms with E-state index in [0.717, 1.165) is 13.0 Å². The van der Waals surface area contributed by atoms with Crippen molar-refractivity contribution in [2.24, 2.45) is 11.8 Å². The van der Waals surface area contributed by atoms with E-state index in [4.69, 9.17) is 0 Å². The van der Waals surface area contributed by atoms with Gasteiger partial charge in [0, 0.05) is 18.5 Å². The van der Waals surface area contributed by atoms with Crippen LogP contribution in [0.25, 0.3) is 0 Å². The highest BCUT2D eigenvalue weighted by Crippen LogP contribution is 2.29. The van der Waals surface area contributed by atoms with Crippen LogP contribution in [0.5, 0.6) is 0 Å². The van der Waals surface area contributed by atoms with Gasteiger partial charge >= 0.3 is 0 Å². The van der Waals surface area contributed by atoms with E-state index in [1.807, 2.05) is 4.90 Å². The smallest absolute Gasteiger partial charge is 0.223 e. The minimum absolute atomic E-state index is 0.000718. The average molecular weight is 183 g/mol. The van der Waals surface area contributed by atoms with E-state index >= 15 is 0 Å². The molecule has 0 aromatic carbocycles. The summed E-state index contributed by atoms with van der Waals surface area (Å²) in [5.74, 6) is 1.51. The monoisotopic (exact) mass is 183 g/mol. The van der Waals surface area contributed by atoms with Crippen molar-refractivity contribution in [2.45, 2.75) is 46.6 Å². The third kappa shape index (κ3) is 2.23. The molecule has 1 amide bonds. The molecule has 1 saturated heterocycles. The van der Waals surface area contributed by atoms with E-state index in [1.54, 1.807) is 0 Å². The molecule has 1 aliphatic rings. The molecule has 76 valence electrons. The van der Waals surface area contributed by atoms with Gasteiger partial charge in [0.1, 0.15) is 0 Å². The highest BCUT2D eigenvalue weighted by molar-refractivity contribution is 5.79. The summed E-state index contributed by atoms with van der Waals surface area (Å²) in [6.07, 6.45) is 0.745. The maximum absolute atomic E-state index is 11.7. The number of carbonyl (C=O) groups is 1. The van der Waals surface area contributed by atoms with Gasteiger partial charge in [0.15, 0.2) is 0 Å². The van der Waals surface area contributed by atoms with Gasteiger partial charge in [0.05, 0.1) is 0 Å². The van der Waals surface area contributed by atoms with Crippen LogP contribution in [0.2, 0.25) is 0 Å². The largest absolute Gasteiger partial charge is 0.338 e. The van der Waals surface area contributed by atoms with Crippen molar-refractivity contribution in [3.8, 4) is 0 Å². The van der Waals surface area contributed by atoms with Gasteiger partial charge in [-0.25, -0.2) is 0 Å². The number of amides is 1. The van der Waals surface area contributed by atoms with Gasteiger partial charge in [-0.1, -0.05) is 13.8 Å². The molecule has 1 unspecified atom stereocenters. The van der Waals surface area contributed by atoms with Crippen molar-refractivity contribution in [1.29, 1.82) is 0 Å². The number of carbonyl (C=O) groups excluding carboxylic acids is 1. The molecular formula is C11H21NO. The Hall–Kier alpha value is -0.530. The lowest BCUT2D eigenvalue weighted by Gasteiger charge is -2.32. The molecule has 1 fully saturated rings. The van der Waals surface area contributed by atoms with Gasteiger partial charge in [-0.15, -0.1) is 0 Å². The van der Waals surface area contributed by atoms with Gasteiger partial charge in [-0.05, 0) is 32.6 Å². The Morgan fingerprint density at radius 2 is 1.92 bits per heavy atom. The van der Waals surface area contributed by atoms with Crippen molar-refractivity contribution in [2.75, 3.05) is 6.54 Å². The second kappa shape index (κ2) is 3.32. The molecule has 1 rings (SSSR count). The summed E-state index contributed by atoms with van der Waals surface area (Å²) in [5.41, 5.74) is 0.000718. The van der Waals surface area contributed by atoms with Crippen LogP contribution in [-0.4, -0.2) is 22.9 Å². The predicted octanol–water partition coefficient (Wildman–Crippen LogP) is 2.29. The Balaban J connectivity index is 2.67. The number of hydrogen-bond donors (Lipinski definition) is 0. The van der Waals surface area contributed by atoms with Crippen molar-refractivity contribution in [1.82, 2.24) is 4.90 Å². The van der Waals surface area contributed by atoms with Crippen LogP contribution < -0.4 is 0 Å². The first-order valence-corrected chi connectivity index (χ1v) is 5.13. The van der Waals surface area contributed by atoms with E-state index in [-0.39, 0.29) is 5.54 Å². The van der Waals surface area contributed by atoms with Gasteiger partial charge < -0.3 is 4.90 Å². The van der Waals surface area contributed by atoms with Crippen LogP contribution in [0.15, 0.2) is 0 Å². The molecule has 0 aliphatic carbocycles. The first-order valence-electron chi connectivity index (χ1n) is 5.13. The molecule has 13 heavy (non-hydrogen) atoms. The summed E-state index contributed by atoms with van der Waals surface area (Å²) in [7, 11) is 0. The molecule has 0 N–H and O–H groups in total. The Kier molecular flexibility index (Phi) is 2.69. The molecule has 2 heteroatoms. The highest BCUT2D eigenvalue weighted by Gasteiger charge is 2.36. The predicted molar refractivity (Wildman–Crippen MR) is 54.4 cm³/mol. The van der Waals surface area contributed by atoms with Crippen molar-refractivity contribution >= 4 is 5.91 Å². The van der Waals surface area contributed by atoms with Crippen LogP contribution in [0.3, 0.4) is 0 Å². The number of nitrogens with zero attached hydrogens (tertiary/aromatic N) is 1. The number of likely N-dealkylation sites (tertiary alicyclic amines) is 1. The minimum atomic E-state index is 0.000718. The molecular weight excluding hydrogens is 162 g/mol. The lowest BCUT2D eigenvalue weighted by molar-refractivity contribution is -0.131. The summed E-state index contributed by atoms with van der Waals surface area (Å²) in [5, 5.41) is 0. The van der Waals surface area contributed by atoms with Crippen molar-refractivity contribution in [3.63, 3.8) is 0 Å². The zero-order valence-electron chi connectivity index (χ0n) is 9.42. The Morgan fingerprint density at radius 1 is 1.38 bits per heavy atom. The molecule has 0 aromatic rings. The quantitative estimate of drug-likeness (QED) is 0.611. The van der Waals surface area contributed by atoms with Crippen molar-refractivity contribution < 1.29 is 4.79 Å². The van der Waals surface area contributed by atoms with Gasteiger partial charge in [-0.2, -0.15) is 0 Å². The van der Waals surface area contributed by atoms with E-state index < -0.39 is 0 Å². The fourth-order valence-electron chi connectivity index (χ4n) is 1.83. The first kappa shape index (κ1) is 10.6. The Morgan fingerprint density at radius 3 is 2.15 bits per heavy atom. The van der Waals surface area contributed by atoms with Crippen LogP contribution in [0, 0.1) is 11.8 Å². The second-order valence-corrected chi connectivity index (χ2v) is 5.38. The molecule has 2 nitrogen and oxygen atoms in total. The lowest BCUT2D eigenvalue weighted by atomic mass is 9.95. The second-order valence-electron chi connectivity index (χ2n) is 5.38. The Bertz CT molecular complexity index is 203. The summed E-state index contributed by atoms with van der Waals surface area (Å²) < 4.78 is 0. The molecule has 0 bridgehead atoms. The fraction of sp³-hybridized carbons (Fsp3) is 0.909. The van der Waals surface area contributed by atoms with Gasteiger partial charge in [0.2, 0.25) is 5.91 Å². The number of rotatable bonds is 1. The van der Waals surface area contributed by atoms with Crippen LogP contribution >= 0.6 is 0 Å². The Labute approximate surface area is 81.3 Å². The third-order valence-electron chi connectivity index (χ3n) is 2.91. The normalized spacial score (nSPS) is 24.6. The van der Waals surface area contributed by atoms with E-state index in [9.17, 15) is 4.79 Å². The average Bonchev–Trinajstić information content (AvgIpc) is 2.29. The highest BCUT2D eigenvalue weighted by atomic mass is 16.2. The lowest BCUT2D eigenvalue weighted by Crippen LogP contribution is -2.42. The minimum Gasteiger partial charge on any atom is -0.338 e. The molecule has 0 spiro atoms. The van der Waals surface area contributed by atoms with Crippen LogP contribution in [0.4, 0.5) is 0 Å². The summed E-state index contributed by atoms with van der Waals surface area (Å²) in [4.78, 5) is 13.7. The molecule has 1 heterocycles. The first-order chi connectivity index (χ1) is 5.82. The maximum Gasteiger partial charge on any atom is 0.223 e. The fourth-order valence-corrected chi connectivity index (χ4v) is 1.83. The zero-order chi connectivity index (χ0) is 10.2. The number of hydrogen-bond acceptors (Lipinski definition) is 1. The SMILES string of the molecule is CC(C)C1CC(=O)N(C(C)(C)C)C1. The zero-order valence-corrected chi connectivity index (χ0v) is 9.42. The van der Waals surface area contributed by atoms with Gasteiger partial charge in [0.25, 0.3) is 0 Å². The summed E-state index contributed by atoms with van der Waals surface area (Å²) >= 11 is 0. The summed E-state index contributed by atoms with van der Waals surface area (Å²) in [6.45, 7) is 11.7. The standard InChI is InChI=1S/C11H21NO/c1-8(2)9-6-10(13)12(7-9)11(3,4)5/h8-9H,6-7H2,1-5H3. The molecule has 1 atom stereocenters. The maximum atomic E-state index is 11.7. The van der Waals surface area contributed by atoms with E-state index in [2.05, 4.69) is 34.6 Å². The van der Waals surface area contributed by atoms with Crippen LogP contribution in [-0.2, 0) is 4.79 Å². The van der Waals surface area contributed by atoms with Crippen molar-refractivity contribution in [3.05, 3.63) is 0 Å². The molecule has 1 aliphatic heterocycles. The molecule has 0 aromatic heterocycles. The summed E-state index contributed by atoms with van der Waals surface area (Å²) in [6, 6.07) is 0. The van der Waals surface area contributed by atoms with E-state index in [1.165, 1.54) is 0 Å². The molecule has 0 saturated carbocycles. The van der Waals surface area contributed by atoms with E-state index in [0.29, 0.717) is 17.7 Å². The van der Waals surface area contributed by atoms with Gasteiger partial charge in [-0.3, -0.25) is 4.79 Å². The van der Waals surface area contributed by atoms with Crippen LogP contribution in [0.1, 0.15) is 41.0 Å².